The predicted molar refractivity (Wildman–Crippen MR) is 24.2 cm³/mol. The second-order valence-corrected chi connectivity index (χ2v) is 0.820. The molecular formula is C2H5FO3S. The first-order valence-electron chi connectivity index (χ1n) is 1.20. The van der Waals surface area contributed by atoms with Gasteiger partial charge in [0.2, 0.25) is 0 Å². The lowest BCUT2D eigenvalue weighted by atomic mass is 11.2. The second kappa shape index (κ2) is 9.05. The summed E-state index contributed by atoms with van der Waals surface area (Å²) in [6.07, 6.45) is 0.750. The van der Waals surface area contributed by atoms with E-state index >= 15 is 0 Å². The minimum atomic E-state index is -3.62. The van der Waals surface area contributed by atoms with Gasteiger partial charge >= 0.3 is 0 Å². The van der Waals surface area contributed by atoms with Crippen LogP contribution in [0.4, 0.5) is 3.89 Å². The van der Waals surface area contributed by atoms with Crippen LogP contribution in [-0.2, 0) is 11.1 Å². The fraction of sp³-hybridized carbons (Fsp3) is 0. The molecule has 0 radical (unpaired) electrons. The molecule has 0 aromatic rings. The lowest BCUT2D eigenvalue weighted by molar-refractivity contribution is 0.476. The van der Waals surface area contributed by atoms with Crippen molar-refractivity contribution in [1.29, 1.82) is 0 Å². The van der Waals surface area contributed by atoms with Gasteiger partial charge in [-0.1, -0.05) is 6.58 Å². The molecule has 0 saturated carbocycles. The van der Waals surface area contributed by atoms with E-state index in [-0.39, 0.29) is 0 Å². The van der Waals surface area contributed by atoms with E-state index in [1.54, 1.807) is 0 Å². The molecule has 1 N–H and O–H groups in total. The van der Waals surface area contributed by atoms with Gasteiger partial charge in [-0.15, -0.1) is 3.89 Å². The molecular weight excluding hydrogens is 123 g/mol. The molecule has 0 heterocycles. The Labute approximate surface area is 42.3 Å². The Balaban J connectivity index is 0. The highest BCUT2D eigenvalue weighted by molar-refractivity contribution is 7.66. The number of hydrogen-bond donors (Lipinski definition) is 2. The van der Waals surface area contributed by atoms with Crippen molar-refractivity contribution in [2.45, 2.75) is 0 Å². The average Bonchev–Trinajstić information content (AvgIpc) is 1.33. The average molecular weight is 128 g/mol. The first kappa shape index (κ1) is 9.65. The standard InChI is InChI=1S/C2H4O.FHO2S/c1-2-3;1-4(2)3/h2-3H,1H2;4H. The molecule has 0 amide bonds. The summed E-state index contributed by atoms with van der Waals surface area (Å²) in [5.41, 5.74) is 0. The van der Waals surface area contributed by atoms with Crippen LogP contribution in [0, 0.1) is 0 Å². The van der Waals surface area contributed by atoms with Crippen molar-refractivity contribution in [3.8, 4) is 0 Å². The van der Waals surface area contributed by atoms with Crippen LogP contribution in [0.3, 0.4) is 0 Å². The van der Waals surface area contributed by atoms with Gasteiger partial charge < -0.3 is 5.11 Å². The smallest absolute Gasteiger partial charge is 0.292 e. The van der Waals surface area contributed by atoms with E-state index in [0.29, 0.717) is 0 Å². The molecule has 0 atom stereocenters. The highest BCUT2D eigenvalue weighted by atomic mass is 32.2. The fourth-order valence-electron chi connectivity index (χ4n) is 0. The first-order chi connectivity index (χ1) is 3.15. The maximum Gasteiger partial charge on any atom is 0.292 e. The van der Waals surface area contributed by atoms with E-state index in [0.717, 1.165) is 6.26 Å². The third-order valence-corrected chi connectivity index (χ3v) is 0. The SMILES string of the molecule is C=CO.O=[SH](=O)F. The zero-order valence-electron chi connectivity index (χ0n) is 3.37. The highest BCUT2D eigenvalue weighted by Gasteiger charge is 1.50. The molecule has 0 aromatic carbocycles. The minimum absolute atomic E-state index is 0.750. The number of aliphatic hydroxyl groups excluding tert-OH is 1. The Morgan fingerprint density at radius 3 is 1.71 bits per heavy atom. The Morgan fingerprint density at radius 2 is 1.71 bits per heavy atom. The Bertz CT molecular complexity index is 89.1. The molecule has 0 aliphatic heterocycles. The van der Waals surface area contributed by atoms with E-state index in [1.807, 2.05) is 0 Å². The van der Waals surface area contributed by atoms with Crippen molar-refractivity contribution in [3.63, 3.8) is 0 Å². The molecule has 7 heavy (non-hydrogen) atoms. The summed E-state index contributed by atoms with van der Waals surface area (Å²) in [7, 11) is 0. The third kappa shape index (κ3) is 188. The number of hydrogen-bond acceptors (Lipinski definition) is 3. The summed E-state index contributed by atoms with van der Waals surface area (Å²) < 4.78 is 26.7. The molecule has 3 nitrogen and oxygen atoms in total. The normalized spacial score (nSPS) is 6.57. The van der Waals surface area contributed by atoms with E-state index in [4.69, 9.17) is 13.5 Å². The third-order valence-electron chi connectivity index (χ3n) is 0. The van der Waals surface area contributed by atoms with Crippen LogP contribution >= 0.6 is 0 Å². The second-order valence-electron chi connectivity index (χ2n) is 0.395. The van der Waals surface area contributed by atoms with Gasteiger partial charge in [0.25, 0.3) is 11.1 Å². The Hall–Kier alpha value is -0.580. The van der Waals surface area contributed by atoms with Crippen molar-refractivity contribution in [2.24, 2.45) is 0 Å². The van der Waals surface area contributed by atoms with Gasteiger partial charge in [-0.25, -0.2) is 0 Å². The van der Waals surface area contributed by atoms with E-state index in [1.165, 1.54) is 0 Å². The maximum absolute atomic E-state index is 9.95. The highest BCUT2D eigenvalue weighted by Crippen LogP contribution is 1.49. The van der Waals surface area contributed by atoms with E-state index < -0.39 is 11.1 Å². The van der Waals surface area contributed by atoms with Gasteiger partial charge in [-0.05, 0) is 0 Å². The number of rotatable bonds is 0. The fourth-order valence-corrected chi connectivity index (χ4v) is 0. The molecule has 5 heteroatoms. The van der Waals surface area contributed by atoms with E-state index in [9.17, 15) is 3.89 Å². The van der Waals surface area contributed by atoms with Gasteiger partial charge in [0.05, 0.1) is 6.26 Å². The van der Waals surface area contributed by atoms with Crippen LogP contribution < -0.4 is 0 Å². The van der Waals surface area contributed by atoms with Crippen LogP contribution in [0.5, 0.6) is 0 Å². The molecule has 0 aromatic heterocycles. The van der Waals surface area contributed by atoms with Gasteiger partial charge in [-0.2, -0.15) is 8.42 Å². The largest absolute Gasteiger partial charge is 0.516 e. The van der Waals surface area contributed by atoms with Crippen LogP contribution in [0.2, 0.25) is 0 Å². The van der Waals surface area contributed by atoms with Crippen molar-refractivity contribution in [3.05, 3.63) is 12.8 Å². The molecule has 0 unspecified atom stereocenters. The summed E-state index contributed by atoms with van der Waals surface area (Å²) in [6, 6.07) is 0. The van der Waals surface area contributed by atoms with Crippen molar-refractivity contribution in [1.82, 2.24) is 0 Å². The van der Waals surface area contributed by atoms with Gasteiger partial charge in [-0.3, -0.25) is 0 Å². The van der Waals surface area contributed by atoms with Gasteiger partial charge in [0.1, 0.15) is 0 Å². The zero-order valence-corrected chi connectivity index (χ0v) is 4.27. The molecule has 0 aliphatic rings. The molecule has 0 fully saturated rings. The quantitative estimate of drug-likeness (QED) is 0.278. The summed E-state index contributed by atoms with van der Waals surface area (Å²) in [6.45, 7) is 2.92. The zero-order chi connectivity index (χ0) is 6.28. The number of aliphatic hydroxyl groups is 1. The lowest BCUT2D eigenvalue weighted by Crippen LogP contribution is -1.44. The van der Waals surface area contributed by atoms with E-state index in [2.05, 4.69) is 6.58 Å². The van der Waals surface area contributed by atoms with Crippen LogP contribution in [0.25, 0.3) is 0 Å². The van der Waals surface area contributed by atoms with Crippen LogP contribution in [0.1, 0.15) is 0 Å². The number of thiol groups is 1. The first-order valence-corrected chi connectivity index (χ1v) is 2.27. The monoisotopic (exact) mass is 128 g/mol. The summed E-state index contributed by atoms with van der Waals surface area (Å²) in [4.78, 5) is 0. The topological polar surface area (TPSA) is 54.4 Å². The van der Waals surface area contributed by atoms with Crippen molar-refractivity contribution >= 4 is 11.1 Å². The van der Waals surface area contributed by atoms with Crippen LogP contribution in [-0.4, -0.2) is 13.5 Å². The summed E-state index contributed by atoms with van der Waals surface area (Å²) in [5, 5.41) is 7.33. The molecule has 0 rings (SSSR count). The molecule has 0 spiro atoms. The Morgan fingerprint density at radius 1 is 1.71 bits per heavy atom. The molecule has 0 bridgehead atoms. The molecule has 0 saturated heterocycles. The van der Waals surface area contributed by atoms with Crippen molar-refractivity contribution in [2.75, 3.05) is 0 Å². The number of halogens is 1. The summed E-state index contributed by atoms with van der Waals surface area (Å²) in [5.74, 6) is 0. The predicted octanol–water partition coefficient (Wildman–Crippen LogP) is 0.170. The maximum atomic E-state index is 9.95. The Kier molecular flexibility index (Phi) is 12.5. The summed E-state index contributed by atoms with van der Waals surface area (Å²) >= 11 is -3.62. The van der Waals surface area contributed by atoms with Gasteiger partial charge in [0.15, 0.2) is 0 Å². The van der Waals surface area contributed by atoms with Crippen LogP contribution in [0.15, 0.2) is 12.8 Å². The van der Waals surface area contributed by atoms with Gasteiger partial charge in [0, 0.05) is 0 Å². The molecule has 0 aliphatic carbocycles. The molecule has 44 valence electrons. The minimum Gasteiger partial charge on any atom is -0.516 e. The van der Waals surface area contributed by atoms with Crippen molar-refractivity contribution < 1.29 is 17.4 Å². The lowest BCUT2D eigenvalue weighted by Gasteiger charge is -1.41.